The van der Waals surface area contributed by atoms with E-state index in [4.69, 9.17) is 4.74 Å². The molecule has 0 spiro atoms. The zero-order valence-electron chi connectivity index (χ0n) is 14.1. The molecule has 1 saturated heterocycles. The second-order valence-electron chi connectivity index (χ2n) is 6.41. The van der Waals surface area contributed by atoms with Crippen LogP contribution in [0.15, 0.2) is 60.7 Å². The molecule has 0 radical (unpaired) electrons. The van der Waals surface area contributed by atoms with Crippen LogP contribution >= 0.6 is 0 Å². The van der Waals surface area contributed by atoms with Crippen LogP contribution in [0.3, 0.4) is 0 Å². The molecule has 1 aliphatic heterocycles. The van der Waals surface area contributed by atoms with Gasteiger partial charge in [0.05, 0.1) is 6.42 Å². The average molecular weight is 323 g/mol. The summed E-state index contributed by atoms with van der Waals surface area (Å²) in [5.41, 5.74) is 2.07. The van der Waals surface area contributed by atoms with E-state index in [1.165, 1.54) is 19.3 Å². The van der Waals surface area contributed by atoms with Gasteiger partial charge in [0, 0.05) is 6.54 Å². The first-order valence-electron chi connectivity index (χ1n) is 8.82. The molecule has 1 atom stereocenters. The Morgan fingerprint density at radius 2 is 1.54 bits per heavy atom. The molecule has 0 unspecified atom stereocenters. The zero-order chi connectivity index (χ0) is 16.6. The molecular formula is C21H25NO2. The van der Waals surface area contributed by atoms with Crippen molar-refractivity contribution in [3.05, 3.63) is 71.8 Å². The van der Waals surface area contributed by atoms with Gasteiger partial charge in [0.15, 0.2) is 0 Å². The number of benzene rings is 2. The minimum Gasteiger partial charge on any atom is -0.456 e. The molecular weight excluding hydrogens is 298 g/mol. The lowest BCUT2D eigenvalue weighted by molar-refractivity contribution is -0.149. The van der Waals surface area contributed by atoms with Crippen molar-refractivity contribution in [3.8, 4) is 0 Å². The molecule has 0 amide bonds. The first-order valence-corrected chi connectivity index (χ1v) is 8.82. The zero-order valence-corrected chi connectivity index (χ0v) is 14.1. The number of rotatable bonds is 6. The van der Waals surface area contributed by atoms with Crippen LogP contribution in [0.1, 0.15) is 36.5 Å². The summed E-state index contributed by atoms with van der Waals surface area (Å²) in [6, 6.07) is 19.9. The Bertz CT molecular complexity index is 621. The average Bonchev–Trinajstić information content (AvgIpc) is 2.63. The van der Waals surface area contributed by atoms with Crippen LogP contribution < -0.4 is 0 Å². The van der Waals surface area contributed by atoms with Crippen LogP contribution in [0.2, 0.25) is 0 Å². The molecule has 2 aromatic carbocycles. The molecule has 126 valence electrons. The summed E-state index contributed by atoms with van der Waals surface area (Å²) in [5.74, 6) is -0.160. The van der Waals surface area contributed by atoms with Gasteiger partial charge in [-0.1, -0.05) is 67.1 Å². The van der Waals surface area contributed by atoms with E-state index in [1.807, 2.05) is 60.7 Å². The second kappa shape index (κ2) is 8.65. The maximum atomic E-state index is 12.4. The predicted octanol–water partition coefficient (Wildman–Crippen LogP) is 4.00. The van der Waals surface area contributed by atoms with Crippen LogP contribution in [0.5, 0.6) is 0 Å². The second-order valence-corrected chi connectivity index (χ2v) is 6.41. The summed E-state index contributed by atoms with van der Waals surface area (Å²) in [5, 5.41) is 0. The van der Waals surface area contributed by atoms with Crippen LogP contribution in [-0.4, -0.2) is 30.5 Å². The van der Waals surface area contributed by atoms with Gasteiger partial charge in [0.25, 0.3) is 0 Å². The lowest BCUT2D eigenvalue weighted by Crippen LogP contribution is -2.35. The van der Waals surface area contributed by atoms with E-state index in [0.29, 0.717) is 6.42 Å². The molecule has 3 heteroatoms. The SMILES string of the molecule is O=C(Cc1ccccc1)O[C@H](CN1CCCCC1)c1ccccc1. The van der Waals surface area contributed by atoms with Gasteiger partial charge in [0.2, 0.25) is 0 Å². The van der Waals surface area contributed by atoms with Gasteiger partial charge in [-0.05, 0) is 37.1 Å². The van der Waals surface area contributed by atoms with Gasteiger partial charge in [-0.2, -0.15) is 0 Å². The van der Waals surface area contributed by atoms with E-state index in [1.54, 1.807) is 0 Å². The fourth-order valence-corrected chi connectivity index (χ4v) is 3.22. The third kappa shape index (κ3) is 4.93. The number of carbonyl (C=O) groups excluding carboxylic acids is 1. The summed E-state index contributed by atoms with van der Waals surface area (Å²) >= 11 is 0. The Morgan fingerprint density at radius 3 is 2.21 bits per heavy atom. The summed E-state index contributed by atoms with van der Waals surface area (Å²) in [4.78, 5) is 14.8. The molecule has 0 saturated carbocycles. The molecule has 3 nitrogen and oxygen atoms in total. The van der Waals surface area contributed by atoms with Crippen molar-refractivity contribution in [2.45, 2.75) is 31.8 Å². The van der Waals surface area contributed by atoms with E-state index in [0.717, 1.165) is 30.8 Å². The third-order valence-electron chi connectivity index (χ3n) is 4.51. The van der Waals surface area contributed by atoms with Gasteiger partial charge < -0.3 is 4.74 Å². The molecule has 1 fully saturated rings. The highest BCUT2D eigenvalue weighted by molar-refractivity contribution is 5.72. The summed E-state index contributed by atoms with van der Waals surface area (Å²) in [6.07, 6.45) is 3.91. The topological polar surface area (TPSA) is 29.5 Å². The molecule has 0 N–H and O–H groups in total. The number of nitrogens with zero attached hydrogens (tertiary/aromatic N) is 1. The summed E-state index contributed by atoms with van der Waals surface area (Å²) in [6.45, 7) is 2.98. The van der Waals surface area contributed by atoms with E-state index in [-0.39, 0.29) is 12.1 Å². The van der Waals surface area contributed by atoms with Crippen LogP contribution in [0, 0.1) is 0 Å². The number of hydrogen-bond donors (Lipinski definition) is 0. The van der Waals surface area contributed by atoms with Gasteiger partial charge in [0.1, 0.15) is 6.10 Å². The highest BCUT2D eigenvalue weighted by atomic mass is 16.5. The molecule has 3 rings (SSSR count). The Labute approximate surface area is 144 Å². The molecule has 1 aliphatic rings. The van der Waals surface area contributed by atoms with E-state index in [9.17, 15) is 4.79 Å². The molecule has 2 aromatic rings. The smallest absolute Gasteiger partial charge is 0.310 e. The van der Waals surface area contributed by atoms with Crippen molar-refractivity contribution in [2.75, 3.05) is 19.6 Å². The van der Waals surface area contributed by atoms with Crippen LogP contribution in [0.4, 0.5) is 0 Å². The number of ether oxygens (including phenoxy) is 1. The van der Waals surface area contributed by atoms with Gasteiger partial charge >= 0.3 is 5.97 Å². The third-order valence-corrected chi connectivity index (χ3v) is 4.51. The van der Waals surface area contributed by atoms with Crippen molar-refractivity contribution in [2.24, 2.45) is 0 Å². The first-order chi connectivity index (χ1) is 11.8. The molecule has 24 heavy (non-hydrogen) atoms. The molecule has 0 bridgehead atoms. The maximum Gasteiger partial charge on any atom is 0.310 e. The van der Waals surface area contributed by atoms with Crippen molar-refractivity contribution in [1.29, 1.82) is 0 Å². The van der Waals surface area contributed by atoms with Crippen molar-refractivity contribution < 1.29 is 9.53 Å². The van der Waals surface area contributed by atoms with Crippen molar-refractivity contribution in [1.82, 2.24) is 4.90 Å². The highest BCUT2D eigenvalue weighted by Crippen LogP contribution is 2.21. The minimum absolute atomic E-state index is 0.160. The number of hydrogen-bond acceptors (Lipinski definition) is 3. The number of esters is 1. The molecule has 0 aliphatic carbocycles. The Hall–Kier alpha value is -2.13. The minimum atomic E-state index is -0.194. The Kier molecular flexibility index (Phi) is 6.02. The molecule has 1 heterocycles. The predicted molar refractivity (Wildman–Crippen MR) is 95.7 cm³/mol. The van der Waals surface area contributed by atoms with Gasteiger partial charge in [-0.25, -0.2) is 0 Å². The fourth-order valence-electron chi connectivity index (χ4n) is 3.22. The highest BCUT2D eigenvalue weighted by Gasteiger charge is 2.21. The summed E-state index contributed by atoms with van der Waals surface area (Å²) in [7, 11) is 0. The Balaban J connectivity index is 1.66. The number of likely N-dealkylation sites (tertiary alicyclic amines) is 1. The van der Waals surface area contributed by atoms with Gasteiger partial charge in [-0.15, -0.1) is 0 Å². The van der Waals surface area contributed by atoms with E-state index in [2.05, 4.69) is 4.90 Å². The molecule has 0 aromatic heterocycles. The lowest BCUT2D eigenvalue weighted by Gasteiger charge is -2.30. The van der Waals surface area contributed by atoms with Crippen molar-refractivity contribution >= 4 is 5.97 Å². The lowest BCUT2D eigenvalue weighted by atomic mass is 10.1. The first kappa shape index (κ1) is 16.7. The largest absolute Gasteiger partial charge is 0.456 e. The van der Waals surface area contributed by atoms with E-state index < -0.39 is 0 Å². The van der Waals surface area contributed by atoms with Crippen LogP contribution in [-0.2, 0) is 16.0 Å². The maximum absolute atomic E-state index is 12.4. The normalized spacial score (nSPS) is 16.5. The van der Waals surface area contributed by atoms with Gasteiger partial charge in [-0.3, -0.25) is 9.69 Å². The Morgan fingerprint density at radius 1 is 0.917 bits per heavy atom. The number of piperidine rings is 1. The van der Waals surface area contributed by atoms with Crippen molar-refractivity contribution in [3.63, 3.8) is 0 Å². The number of carbonyl (C=O) groups is 1. The summed E-state index contributed by atoms with van der Waals surface area (Å²) < 4.78 is 5.86. The van der Waals surface area contributed by atoms with E-state index >= 15 is 0 Å². The quantitative estimate of drug-likeness (QED) is 0.753. The standard InChI is InChI=1S/C21H25NO2/c23-21(16-18-10-4-1-5-11-18)24-20(19-12-6-2-7-13-19)17-22-14-8-3-9-15-22/h1-2,4-7,10-13,20H,3,8-9,14-17H2/t20-/m1/s1. The van der Waals surface area contributed by atoms with Crippen LogP contribution in [0.25, 0.3) is 0 Å². The monoisotopic (exact) mass is 323 g/mol. The fraction of sp³-hybridized carbons (Fsp3) is 0.381.